The minimum Gasteiger partial charge on any atom is -0.483 e. The van der Waals surface area contributed by atoms with Crippen molar-refractivity contribution in [3.05, 3.63) is 71.7 Å². The molecule has 4 rings (SSSR count). The SMILES string of the molecule is CC1CN(C(=O)COc2cc(C(=O)O)nc3ccccc23)C(C)CN1Cc1ccc(F)cc1. The van der Waals surface area contributed by atoms with Gasteiger partial charge in [0.25, 0.3) is 5.91 Å². The first-order valence-electron chi connectivity index (χ1n) is 10.9. The first-order valence-corrected chi connectivity index (χ1v) is 10.9. The zero-order valence-corrected chi connectivity index (χ0v) is 18.6. The predicted octanol–water partition coefficient (Wildman–Crippen LogP) is 3.57. The van der Waals surface area contributed by atoms with Gasteiger partial charge in [0.2, 0.25) is 0 Å². The van der Waals surface area contributed by atoms with Crippen molar-refractivity contribution in [3.63, 3.8) is 0 Å². The second-order valence-corrected chi connectivity index (χ2v) is 8.42. The topological polar surface area (TPSA) is 83.0 Å². The molecule has 0 bridgehead atoms. The lowest BCUT2D eigenvalue weighted by atomic mass is 10.1. The molecule has 3 aromatic rings. The van der Waals surface area contributed by atoms with E-state index < -0.39 is 5.97 Å². The average molecular weight is 451 g/mol. The third-order valence-electron chi connectivity index (χ3n) is 5.98. The van der Waals surface area contributed by atoms with Crippen LogP contribution in [0.5, 0.6) is 5.75 Å². The second-order valence-electron chi connectivity index (χ2n) is 8.42. The number of ether oxygens (including phenoxy) is 1. The van der Waals surface area contributed by atoms with Crippen molar-refractivity contribution in [1.82, 2.24) is 14.8 Å². The monoisotopic (exact) mass is 451 g/mol. The zero-order valence-electron chi connectivity index (χ0n) is 18.6. The Morgan fingerprint density at radius 2 is 1.82 bits per heavy atom. The molecule has 7 nitrogen and oxygen atoms in total. The number of piperazine rings is 1. The number of rotatable bonds is 6. The highest BCUT2D eigenvalue weighted by molar-refractivity contribution is 5.93. The van der Waals surface area contributed by atoms with Gasteiger partial charge in [-0.25, -0.2) is 14.2 Å². The van der Waals surface area contributed by atoms with Gasteiger partial charge in [0.05, 0.1) is 5.52 Å². The standard InChI is InChI=1S/C25H26FN3O4/c1-16-13-29(17(2)12-28(16)14-18-7-9-19(26)10-8-18)24(30)15-33-23-11-22(25(31)32)27-21-6-4-3-5-20(21)23/h3-11,16-17H,12-15H2,1-2H3,(H,31,32). The molecule has 2 heterocycles. The lowest BCUT2D eigenvalue weighted by Crippen LogP contribution is -2.58. The summed E-state index contributed by atoms with van der Waals surface area (Å²) in [5, 5.41) is 10.00. The molecule has 1 aromatic heterocycles. The number of halogens is 1. The number of nitrogens with zero attached hydrogens (tertiary/aromatic N) is 3. The highest BCUT2D eigenvalue weighted by Crippen LogP contribution is 2.26. The molecule has 1 aliphatic rings. The molecule has 1 aliphatic heterocycles. The van der Waals surface area contributed by atoms with Crippen LogP contribution in [0.1, 0.15) is 29.9 Å². The molecule has 33 heavy (non-hydrogen) atoms. The Labute approximate surface area is 191 Å². The molecule has 0 aliphatic carbocycles. The number of fused-ring (bicyclic) bond motifs is 1. The van der Waals surface area contributed by atoms with Gasteiger partial charge in [-0.3, -0.25) is 9.69 Å². The maximum absolute atomic E-state index is 13.2. The second kappa shape index (κ2) is 9.54. The van der Waals surface area contributed by atoms with Crippen molar-refractivity contribution >= 4 is 22.8 Å². The first-order chi connectivity index (χ1) is 15.8. The zero-order chi connectivity index (χ0) is 23.5. The number of amides is 1. The minimum atomic E-state index is -1.16. The van der Waals surface area contributed by atoms with E-state index in [-0.39, 0.29) is 36.1 Å². The number of aromatic carboxylic acids is 1. The van der Waals surface area contributed by atoms with Crippen LogP contribution in [-0.2, 0) is 11.3 Å². The number of aromatic nitrogens is 1. The molecule has 0 spiro atoms. The average Bonchev–Trinajstić information content (AvgIpc) is 2.80. The fourth-order valence-electron chi connectivity index (χ4n) is 4.19. The van der Waals surface area contributed by atoms with E-state index in [1.165, 1.54) is 18.2 Å². The van der Waals surface area contributed by atoms with Gasteiger partial charge < -0.3 is 14.7 Å². The molecule has 2 aromatic carbocycles. The number of benzene rings is 2. The van der Waals surface area contributed by atoms with Gasteiger partial charge in [-0.15, -0.1) is 0 Å². The predicted molar refractivity (Wildman–Crippen MR) is 122 cm³/mol. The molecule has 2 unspecified atom stereocenters. The smallest absolute Gasteiger partial charge is 0.354 e. The number of carboxylic acid groups (broad SMARTS) is 1. The molecule has 0 radical (unpaired) electrons. The fourth-order valence-corrected chi connectivity index (χ4v) is 4.19. The maximum Gasteiger partial charge on any atom is 0.354 e. The quantitative estimate of drug-likeness (QED) is 0.617. The Bertz CT molecular complexity index is 1170. The van der Waals surface area contributed by atoms with Crippen LogP contribution in [0.15, 0.2) is 54.6 Å². The third-order valence-corrected chi connectivity index (χ3v) is 5.98. The highest BCUT2D eigenvalue weighted by Gasteiger charge is 2.32. The normalized spacial score (nSPS) is 18.9. The van der Waals surface area contributed by atoms with Crippen LogP contribution >= 0.6 is 0 Å². The summed E-state index contributed by atoms with van der Waals surface area (Å²) in [5.41, 5.74) is 1.39. The number of carbonyl (C=O) groups is 2. The Morgan fingerprint density at radius 3 is 2.55 bits per heavy atom. The van der Waals surface area contributed by atoms with Crippen LogP contribution in [0.2, 0.25) is 0 Å². The van der Waals surface area contributed by atoms with E-state index in [1.807, 2.05) is 13.0 Å². The van der Waals surface area contributed by atoms with Crippen LogP contribution in [0.25, 0.3) is 10.9 Å². The molecular formula is C25H26FN3O4. The number of para-hydroxylation sites is 1. The van der Waals surface area contributed by atoms with E-state index in [0.717, 1.165) is 5.56 Å². The maximum atomic E-state index is 13.2. The summed E-state index contributed by atoms with van der Waals surface area (Å²) in [6, 6.07) is 15.0. The van der Waals surface area contributed by atoms with E-state index >= 15 is 0 Å². The lowest BCUT2D eigenvalue weighted by molar-refractivity contribution is -0.139. The summed E-state index contributed by atoms with van der Waals surface area (Å²) in [5.74, 6) is -1.25. The van der Waals surface area contributed by atoms with Gasteiger partial charge >= 0.3 is 5.97 Å². The molecular weight excluding hydrogens is 425 g/mol. The van der Waals surface area contributed by atoms with Crippen LogP contribution in [-0.4, -0.2) is 63.5 Å². The highest BCUT2D eigenvalue weighted by atomic mass is 19.1. The molecule has 1 N–H and O–H groups in total. The summed E-state index contributed by atoms with van der Waals surface area (Å²) in [6.45, 7) is 5.78. The molecule has 172 valence electrons. The molecule has 1 saturated heterocycles. The summed E-state index contributed by atoms with van der Waals surface area (Å²) in [4.78, 5) is 32.6. The van der Waals surface area contributed by atoms with Gasteiger partial charge in [-0.2, -0.15) is 0 Å². The van der Waals surface area contributed by atoms with Crippen molar-refractivity contribution in [2.24, 2.45) is 0 Å². The van der Waals surface area contributed by atoms with Gasteiger partial charge in [0.15, 0.2) is 12.3 Å². The third kappa shape index (κ3) is 5.12. The van der Waals surface area contributed by atoms with E-state index in [4.69, 9.17) is 4.74 Å². The Kier molecular flexibility index (Phi) is 6.55. The Balaban J connectivity index is 1.42. The van der Waals surface area contributed by atoms with E-state index in [0.29, 0.717) is 36.3 Å². The van der Waals surface area contributed by atoms with Crippen LogP contribution in [0.4, 0.5) is 4.39 Å². The van der Waals surface area contributed by atoms with Gasteiger partial charge in [-0.1, -0.05) is 24.3 Å². The minimum absolute atomic E-state index is 0.0264. The molecule has 8 heteroatoms. The number of hydrogen-bond acceptors (Lipinski definition) is 5. The lowest BCUT2D eigenvalue weighted by Gasteiger charge is -2.44. The van der Waals surface area contributed by atoms with Crippen molar-refractivity contribution in [1.29, 1.82) is 0 Å². The summed E-state index contributed by atoms with van der Waals surface area (Å²) in [7, 11) is 0. The number of hydrogen-bond donors (Lipinski definition) is 1. The van der Waals surface area contributed by atoms with E-state index in [9.17, 15) is 19.1 Å². The summed E-state index contributed by atoms with van der Waals surface area (Å²) >= 11 is 0. The van der Waals surface area contributed by atoms with Gasteiger partial charge in [-0.05, 0) is 43.7 Å². The van der Waals surface area contributed by atoms with Crippen LogP contribution in [0, 0.1) is 5.82 Å². The number of carbonyl (C=O) groups excluding carboxylic acids is 1. The Morgan fingerprint density at radius 1 is 1.09 bits per heavy atom. The summed E-state index contributed by atoms with van der Waals surface area (Å²) < 4.78 is 19.0. The molecule has 1 fully saturated rings. The fraction of sp³-hybridized carbons (Fsp3) is 0.320. The van der Waals surface area contributed by atoms with E-state index in [2.05, 4.69) is 16.8 Å². The van der Waals surface area contributed by atoms with E-state index in [1.54, 1.807) is 35.2 Å². The molecule has 1 amide bonds. The van der Waals surface area contributed by atoms with Crippen LogP contribution < -0.4 is 4.74 Å². The largest absolute Gasteiger partial charge is 0.483 e. The first kappa shape index (κ1) is 22.7. The number of pyridine rings is 1. The van der Waals surface area contributed by atoms with Gasteiger partial charge in [0, 0.05) is 43.2 Å². The van der Waals surface area contributed by atoms with Crippen molar-refractivity contribution < 1.29 is 23.8 Å². The van der Waals surface area contributed by atoms with Crippen molar-refractivity contribution in [3.8, 4) is 5.75 Å². The van der Waals surface area contributed by atoms with Gasteiger partial charge in [0.1, 0.15) is 11.6 Å². The van der Waals surface area contributed by atoms with Crippen molar-refractivity contribution in [2.45, 2.75) is 32.5 Å². The molecule has 2 atom stereocenters. The molecule has 0 saturated carbocycles. The Hall–Kier alpha value is -3.52. The van der Waals surface area contributed by atoms with Crippen LogP contribution in [0.3, 0.4) is 0 Å². The van der Waals surface area contributed by atoms with Crippen molar-refractivity contribution in [2.75, 3.05) is 19.7 Å². The number of carboxylic acids is 1. The summed E-state index contributed by atoms with van der Waals surface area (Å²) in [6.07, 6.45) is 0.